The molecule has 0 bridgehead atoms. The summed E-state index contributed by atoms with van der Waals surface area (Å²) in [5, 5.41) is 7.48. The lowest BCUT2D eigenvalue weighted by atomic mass is 10.1. The number of hydrogen-bond donors (Lipinski definition) is 0. The third-order valence-corrected chi connectivity index (χ3v) is 2.37. The van der Waals surface area contributed by atoms with Crippen LogP contribution in [0.4, 0.5) is 13.2 Å². The molecule has 0 fully saturated rings. The molecule has 0 spiro atoms. The molecule has 0 unspecified atom stereocenters. The second-order valence-corrected chi connectivity index (χ2v) is 3.50. The highest BCUT2D eigenvalue weighted by atomic mass is 19.4. The number of halogens is 3. The molecule has 0 aliphatic heterocycles. The molecule has 0 amide bonds. The summed E-state index contributed by atoms with van der Waals surface area (Å²) in [7, 11) is 0. The molecule has 2 rings (SSSR count). The Hall–Kier alpha value is -1.85. The Morgan fingerprint density at radius 2 is 1.94 bits per heavy atom. The van der Waals surface area contributed by atoms with E-state index in [1.165, 1.54) is 23.0 Å². The van der Waals surface area contributed by atoms with Crippen LogP contribution in [-0.2, 0) is 12.7 Å². The number of benzene rings is 1. The zero-order valence-electron chi connectivity index (χ0n) is 9.07. The van der Waals surface area contributed by atoms with Gasteiger partial charge in [0.25, 0.3) is 0 Å². The van der Waals surface area contributed by atoms with E-state index in [2.05, 4.69) is 10.3 Å². The molecule has 1 heterocycles. The molecule has 0 radical (unpaired) electrons. The summed E-state index contributed by atoms with van der Waals surface area (Å²) in [4.78, 5) is 0. The van der Waals surface area contributed by atoms with Gasteiger partial charge >= 0.3 is 6.18 Å². The molecule has 2 aromatic rings. The van der Waals surface area contributed by atoms with Crippen molar-refractivity contribution in [1.29, 1.82) is 0 Å². The van der Waals surface area contributed by atoms with Gasteiger partial charge in [-0.15, -0.1) is 5.10 Å². The number of aryl methyl sites for hydroxylation is 1. The molecule has 17 heavy (non-hydrogen) atoms. The van der Waals surface area contributed by atoms with Gasteiger partial charge in [0, 0.05) is 12.1 Å². The first-order chi connectivity index (χ1) is 8.02. The van der Waals surface area contributed by atoms with E-state index in [9.17, 15) is 13.2 Å². The maximum Gasteiger partial charge on any atom is 0.417 e. The average molecular weight is 241 g/mol. The van der Waals surface area contributed by atoms with Gasteiger partial charge in [0.15, 0.2) is 0 Å². The van der Waals surface area contributed by atoms with Gasteiger partial charge in [0.2, 0.25) is 0 Å². The summed E-state index contributed by atoms with van der Waals surface area (Å²) in [6.45, 7) is 2.41. The van der Waals surface area contributed by atoms with Crippen LogP contribution in [0.25, 0.3) is 11.3 Å². The molecule has 1 aromatic carbocycles. The lowest BCUT2D eigenvalue weighted by molar-refractivity contribution is -0.137. The standard InChI is InChI=1S/C11H10F3N3/c1-2-17-7-10(15-16-17)8-5-3-4-6-9(8)11(12,13)14/h3-7H,2H2,1H3. The van der Waals surface area contributed by atoms with Crippen LogP contribution in [-0.4, -0.2) is 15.0 Å². The Labute approximate surface area is 95.9 Å². The van der Waals surface area contributed by atoms with Gasteiger partial charge in [0.1, 0.15) is 5.69 Å². The van der Waals surface area contributed by atoms with Crippen molar-refractivity contribution in [2.24, 2.45) is 0 Å². The summed E-state index contributed by atoms with van der Waals surface area (Å²) >= 11 is 0. The zero-order valence-corrected chi connectivity index (χ0v) is 9.07. The number of nitrogens with zero attached hydrogens (tertiary/aromatic N) is 3. The van der Waals surface area contributed by atoms with Crippen LogP contribution >= 0.6 is 0 Å². The third kappa shape index (κ3) is 2.30. The quantitative estimate of drug-likeness (QED) is 0.809. The zero-order chi connectivity index (χ0) is 12.5. The predicted octanol–water partition coefficient (Wildman–Crippen LogP) is 2.98. The second kappa shape index (κ2) is 4.20. The summed E-state index contributed by atoms with van der Waals surface area (Å²) in [5.41, 5.74) is -0.400. The molecular formula is C11H10F3N3. The van der Waals surface area contributed by atoms with Crippen molar-refractivity contribution in [3.8, 4) is 11.3 Å². The highest BCUT2D eigenvalue weighted by molar-refractivity contribution is 5.63. The van der Waals surface area contributed by atoms with Crippen molar-refractivity contribution in [2.45, 2.75) is 19.6 Å². The molecular weight excluding hydrogens is 231 g/mol. The molecule has 1 aromatic heterocycles. The molecule has 0 atom stereocenters. The summed E-state index contributed by atoms with van der Waals surface area (Å²) in [5.74, 6) is 0. The van der Waals surface area contributed by atoms with Crippen molar-refractivity contribution in [1.82, 2.24) is 15.0 Å². The Kier molecular flexibility index (Phi) is 2.87. The highest BCUT2D eigenvalue weighted by Gasteiger charge is 2.33. The van der Waals surface area contributed by atoms with Gasteiger partial charge in [-0.1, -0.05) is 23.4 Å². The van der Waals surface area contributed by atoms with Crippen molar-refractivity contribution in [3.05, 3.63) is 36.0 Å². The van der Waals surface area contributed by atoms with E-state index in [0.29, 0.717) is 6.54 Å². The van der Waals surface area contributed by atoms with Crippen LogP contribution in [0.2, 0.25) is 0 Å². The van der Waals surface area contributed by atoms with Gasteiger partial charge in [0.05, 0.1) is 11.8 Å². The third-order valence-electron chi connectivity index (χ3n) is 2.37. The van der Waals surface area contributed by atoms with E-state index in [0.717, 1.165) is 6.07 Å². The van der Waals surface area contributed by atoms with Crippen LogP contribution in [0.5, 0.6) is 0 Å². The molecule has 0 aliphatic rings. The van der Waals surface area contributed by atoms with Crippen LogP contribution in [0.1, 0.15) is 12.5 Å². The van der Waals surface area contributed by atoms with E-state index in [4.69, 9.17) is 0 Å². The van der Waals surface area contributed by atoms with Crippen LogP contribution in [0, 0.1) is 0 Å². The summed E-state index contributed by atoms with van der Waals surface area (Å²) in [6, 6.07) is 5.35. The number of aromatic nitrogens is 3. The van der Waals surface area contributed by atoms with Gasteiger partial charge in [-0.25, -0.2) is 0 Å². The van der Waals surface area contributed by atoms with Crippen LogP contribution in [0.15, 0.2) is 30.5 Å². The highest BCUT2D eigenvalue weighted by Crippen LogP contribution is 2.35. The minimum atomic E-state index is -4.38. The molecule has 90 valence electrons. The van der Waals surface area contributed by atoms with Crippen molar-refractivity contribution in [3.63, 3.8) is 0 Å². The van der Waals surface area contributed by atoms with E-state index in [1.54, 1.807) is 6.07 Å². The van der Waals surface area contributed by atoms with Crippen molar-refractivity contribution in [2.75, 3.05) is 0 Å². The second-order valence-electron chi connectivity index (χ2n) is 3.50. The Balaban J connectivity index is 2.52. The topological polar surface area (TPSA) is 30.7 Å². The van der Waals surface area contributed by atoms with E-state index in [1.807, 2.05) is 6.92 Å². The fourth-order valence-electron chi connectivity index (χ4n) is 1.53. The van der Waals surface area contributed by atoms with Crippen molar-refractivity contribution < 1.29 is 13.2 Å². The maximum atomic E-state index is 12.8. The first-order valence-electron chi connectivity index (χ1n) is 5.09. The van der Waals surface area contributed by atoms with Gasteiger partial charge in [-0.2, -0.15) is 13.2 Å². The number of rotatable bonds is 2. The van der Waals surface area contributed by atoms with Gasteiger partial charge in [-0.3, -0.25) is 4.68 Å². The van der Waals surface area contributed by atoms with Crippen LogP contribution in [0.3, 0.4) is 0 Å². The first-order valence-corrected chi connectivity index (χ1v) is 5.09. The summed E-state index contributed by atoms with van der Waals surface area (Å²) < 4.78 is 39.8. The van der Waals surface area contributed by atoms with Gasteiger partial charge < -0.3 is 0 Å². The Bertz CT molecular complexity index is 517. The maximum absolute atomic E-state index is 12.8. The minimum Gasteiger partial charge on any atom is -0.252 e. The molecule has 0 saturated heterocycles. The molecule has 6 heteroatoms. The van der Waals surface area contributed by atoms with E-state index >= 15 is 0 Å². The lowest BCUT2D eigenvalue weighted by Crippen LogP contribution is -2.06. The fourth-order valence-corrected chi connectivity index (χ4v) is 1.53. The monoisotopic (exact) mass is 241 g/mol. The molecule has 0 N–H and O–H groups in total. The van der Waals surface area contributed by atoms with Crippen molar-refractivity contribution >= 4 is 0 Å². The van der Waals surface area contributed by atoms with E-state index in [-0.39, 0.29) is 11.3 Å². The molecule has 3 nitrogen and oxygen atoms in total. The largest absolute Gasteiger partial charge is 0.417 e. The number of hydrogen-bond acceptors (Lipinski definition) is 2. The smallest absolute Gasteiger partial charge is 0.252 e. The fraction of sp³-hybridized carbons (Fsp3) is 0.273. The molecule has 0 saturated carbocycles. The van der Waals surface area contributed by atoms with Crippen LogP contribution < -0.4 is 0 Å². The number of alkyl halides is 3. The van der Waals surface area contributed by atoms with Gasteiger partial charge in [-0.05, 0) is 13.0 Å². The minimum absolute atomic E-state index is 0.0553. The SMILES string of the molecule is CCn1cc(-c2ccccc2C(F)(F)F)nn1. The lowest BCUT2D eigenvalue weighted by Gasteiger charge is -2.10. The predicted molar refractivity (Wildman–Crippen MR) is 56.1 cm³/mol. The normalized spacial score (nSPS) is 11.8. The Morgan fingerprint density at radius 3 is 2.53 bits per heavy atom. The average Bonchev–Trinajstić information content (AvgIpc) is 2.76. The summed E-state index contributed by atoms with van der Waals surface area (Å²) in [6.07, 6.45) is -2.88. The molecule has 0 aliphatic carbocycles. The van der Waals surface area contributed by atoms with E-state index < -0.39 is 11.7 Å². The first kappa shape index (κ1) is 11.6. The Morgan fingerprint density at radius 1 is 1.24 bits per heavy atom.